The van der Waals surface area contributed by atoms with Gasteiger partial charge in [0, 0.05) is 0 Å². The Bertz CT molecular complexity index is 759. The molecule has 3 nitrogen and oxygen atoms in total. The van der Waals surface area contributed by atoms with E-state index in [1.54, 1.807) is 30.3 Å². The average Bonchev–Trinajstić information content (AvgIpc) is 2.68. The quantitative estimate of drug-likeness (QED) is 0.192. The number of hydrogen-bond acceptors (Lipinski definition) is 3. The number of benzene rings is 2. The zero-order valence-electron chi connectivity index (χ0n) is 16.7. The van der Waals surface area contributed by atoms with Crippen LogP contribution >= 0.6 is 11.6 Å². The van der Waals surface area contributed by atoms with Crippen LogP contribution in [0.3, 0.4) is 0 Å². The summed E-state index contributed by atoms with van der Waals surface area (Å²) in [7, 11) is 0. The van der Waals surface area contributed by atoms with E-state index < -0.39 is 11.3 Å². The van der Waals surface area contributed by atoms with Crippen molar-refractivity contribution in [3.63, 3.8) is 0 Å². The predicted octanol–water partition coefficient (Wildman–Crippen LogP) is 6.62. The molecule has 0 N–H and O–H groups in total. The number of carbonyl (C=O) groups excluding carboxylic acids is 1. The molecule has 0 aliphatic rings. The lowest BCUT2D eigenvalue weighted by atomic mass is 10.1. The van der Waals surface area contributed by atoms with E-state index in [1.807, 2.05) is 19.9 Å². The molecule has 0 aliphatic heterocycles. The minimum atomic E-state index is -0.691. The first-order valence-electron chi connectivity index (χ1n) is 9.81. The predicted molar refractivity (Wildman–Crippen MR) is 112 cm³/mol. The van der Waals surface area contributed by atoms with Crippen LogP contribution in [0.2, 0.25) is 0 Å². The summed E-state index contributed by atoms with van der Waals surface area (Å²) in [6, 6.07) is 11.8. The Morgan fingerprint density at radius 2 is 1.71 bits per heavy atom. The second-order valence-corrected chi connectivity index (χ2v) is 7.62. The summed E-state index contributed by atoms with van der Waals surface area (Å²) in [5.41, 5.74) is 1.55. The highest BCUT2D eigenvalue weighted by Gasteiger charge is 2.21. The molecule has 152 valence electrons. The largest absolute Gasteiger partial charge is 0.491 e. The summed E-state index contributed by atoms with van der Waals surface area (Å²) in [4.78, 5) is 11.9. The summed E-state index contributed by atoms with van der Waals surface area (Å²) >= 11 is 6.01. The summed E-state index contributed by atoms with van der Waals surface area (Å²) in [5, 5.41) is -0.691. The molecule has 0 aliphatic carbocycles. The van der Waals surface area contributed by atoms with E-state index >= 15 is 0 Å². The first-order valence-corrected chi connectivity index (χ1v) is 10.2. The molecule has 0 spiro atoms. The van der Waals surface area contributed by atoms with Crippen molar-refractivity contribution in [3.05, 3.63) is 48.3 Å². The van der Waals surface area contributed by atoms with Crippen molar-refractivity contribution in [2.24, 2.45) is 5.92 Å². The van der Waals surface area contributed by atoms with Gasteiger partial charge in [0.15, 0.2) is 11.6 Å². The Morgan fingerprint density at radius 3 is 2.32 bits per heavy atom. The lowest BCUT2D eigenvalue weighted by Gasteiger charge is -2.13. The first kappa shape index (κ1) is 22.2. The van der Waals surface area contributed by atoms with Crippen LogP contribution in [-0.4, -0.2) is 18.0 Å². The molecular weight excluding hydrogens is 379 g/mol. The molecule has 28 heavy (non-hydrogen) atoms. The van der Waals surface area contributed by atoms with Crippen molar-refractivity contribution < 1.29 is 18.7 Å². The Kier molecular flexibility index (Phi) is 8.78. The molecule has 0 heterocycles. The van der Waals surface area contributed by atoms with Crippen molar-refractivity contribution in [1.29, 1.82) is 0 Å². The smallest absolute Gasteiger partial charge is 0.329 e. The number of ether oxygens (including phenoxy) is 2. The molecule has 0 radical (unpaired) electrons. The fourth-order valence-corrected chi connectivity index (χ4v) is 2.71. The highest BCUT2D eigenvalue weighted by atomic mass is 35.5. The van der Waals surface area contributed by atoms with Crippen LogP contribution in [0.15, 0.2) is 42.5 Å². The summed E-state index contributed by atoms with van der Waals surface area (Å²) in [6.07, 6.45) is 4.34. The number of unbranched alkanes of at least 4 members (excludes halogenated alkanes) is 3. The third kappa shape index (κ3) is 6.52. The van der Waals surface area contributed by atoms with Gasteiger partial charge in [-0.25, -0.2) is 4.39 Å². The summed E-state index contributed by atoms with van der Waals surface area (Å²) < 4.78 is 25.1. The molecule has 0 saturated carbocycles. The molecule has 1 atom stereocenters. The number of alkyl halides is 1. The second kappa shape index (κ2) is 11.1. The molecule has 2 aromatic carbocycles. The average molecular weight is 407 g/mol. The zero-order chi connectivity index (χ0) is 20.5. The Morgan fingerprint density at radius 1 is 1.04 bits per heavy atom. The number of carbonyl (C=O) groups is 1. The van der Waals surface area contributed by atoms with Crippen LogP contribution in [0.1, 0.15) is 46.5 Å². The third-order valence-electron chi connectivity index (χ3n) is 4.40. The van der Waals surface area contributed by atoms with Gasteiger partial charge >= 0.3 is 5.97 Å². The van der Waals surface area contributed by atoms with Gasteiger partial charge in [0.2, 0.25) is 0 Å². The van der Waals surface area contributed by atoms with Gasteiger partial charge < -0.3 is 9.47 Å². The maximum atomic E-state index is 14.3. The van der Waals surface area contributed by atoms with Crippen LogP contribution < -0.4 is 9.47 Å². The van der Waals surface area contributed by atoms with Gasteiger partial charge in [-0.15, -0.1) is 11.6 Å². The van der Waals surface area contributed by atoms with E-state index in [0.717, 1.165) is 30.4 Å². The second-order valence-electron chi connectivity index (χ2n) is 7.15. The zero-order valence-corrected chi connectivity index (χ0v) is 17.5. The van der Waals surface area contributed by atoms with E-state index in [2.05, 4.69) is 6.92 Å². The van der Waals surface area contributed by atoms with Crippen LogP contribution in [0, 0.1) is 11.7 Å². The fraction of sp³-hybridized carbons (Fsp3) is 0.435. The molecule has 0 fully saturated rings. The van der Waals surface area contributed by atoms with Crippen molar-refractivity contribution >= 4 is 17.6 Å². The lowest BCUT2D eigenvalue weighted by molar-refractivity contribution is -0.134. The summed E-state index contributed by atoms with van der Waals surface area (Å²) in [6.45, 7) is 6.38. The molecule has 2 rings (SSSR count). The van der Waals surface area contributed by atoms with Crippen molar-refractivity contribution in [2.45, 2.75) is 51.8 Å². The molecule has 0 amide bonds. The van der Waals surface area contributed by atoms with E-state index in [1.165, 1.54) is 12.5 Å². The van der Waals surface area contributed by atoms with Crippen LogP contribution in [-0.2, 0) is 4.79 Å². The van der Waals surface area contributed by atoms with E-state index in [9.17, 15) is 9.18 Å². The van der Waals surface area contributed by atoms with Gasteiger partial charge in [0.05, 0.1) is 6.61 Å². The Hall–Kier alpha value is -2.07. The van der Waals surface area contributed by atoms with E-state index in [0.29, 0.717) is 12.4 Å². The number of esters is 1. The minimum Gasteiger partial charge on any atom is -0.491 e. The van der Waals surface area contributed by atoms with Crippen LogP contribution in [0.4, 0.5) is 4.39 Å². The first-order chi connectivity index (χ1) is 13.4. The van der Waals surface area contributed by atoms with Crippen molar-refractivity contribution in [1.82, 2.24) is 0 Å². The molecular formula is C23H28ClFO3. The maximum Gasteiger partial charge on any atom is 0.329 e. The fourth-order valence-electron chi connectivity index (χ4n) is 2.67. The SMILES string of the molecule is CCCCCCOc1ccc(-c2ccc(OC(=O)C(Cl)C(C)C)cc2)cc1F. The van der Waals surface area contributed by atoms with Crippen LogP contribution in [0.25, 0.3) is 11.1 Å². The van der Waals surface area contributed by atoms with Crippen LogP contribution in [0.5, 0.6) is 11.5 Å². The van der Waals surface area contributed by atoms with Gasteiger partial charge in [0.25, 0.3) is 0 Å². The standard InChI is InChI=1S/C23H28ClFO3/c1-4-5-6-7-14-27-21-13-10-18(15-20(21)25)17-8-11-19(12-9-17)28-23(26)22(24)16(2)3/h8-13,15-16,22H,4-7,14H2,1-3H3. The summed E-state index contributed by atoms with van der Waals surface area (Å²) in [5.74, 6) is -0.190. The molecule has 1 unspecified atom stereocenters. The minimum absolute atomic E-state index is 0.0104. The molecule has 5 heteroatoms. The Labute approximate surface area is 171 Å². The highest BCUT2D eigenvalue weighted by molar-refractivity contribution is 6.30. The number of rotatable bonds is 10. The van der Waals surface area contributed by atoms with Crippen molar-refractivity contribution in [3.8, 4) is 22.6 Å². The lowest BCUT2D eigenvalue weighted by Crippen LogP contribution is -2.25. The maximum absolute atomic E-state index is 14.3. The molecule has 0 aromatic heterocycles. The van der Waals surface area contributed by atoms with Gasteiger partial charge in [-0.2, -0.15) is 0 Å². The number of halogens is 2. The van der Waals surface area contributed by atoms with Gasteiger partial charge in [-0.05, 0) is 47.7 Å². The number of hydrogen-bond donors (Lipinski definition) is 0. The monoisotopic (exact) mass is 406 g/mol. The van der Waals surface area contributed by atoms with Gasteiger partial charge in [-0.3, -0.25) is 4.79 Å². The Balaban J connectivity index is 1.98. The third-order valence-corrected chi connectivity index (χ3v) is 5.09. The molecule has 2 aromatic rings. The molecule has 0 bridgehead atoms. The van der Waals surface area contributed by atoms with Gasteiger partial charge in [-0.1, -0.05) is 58.2 Å². The molecule has 0 saturated heterocycles. The van der Waals surface area contributed by atoms with Gasteiger partial charge in [0.1, 0.15) is 11.1 Å². The normalized spacial score (nSPS) is 12.1. The van der Waals surface area contributed by atoms with E-state index in [-0.39, 0.29) is 17.5 Å². The van der Waals surface area contributed by atoms with E-state index in [4.69, 9.17) is 21.1 Å². The highest BCUT2D eigenvalue weighted by Crippen LogP contribution is 2.27. The topological polar surface area (TPSA) is 35.5 Å². The van der Waals surface area contributed by atoms with Crippen molar-refractivity contribution in [2.75, 3.05) is 6.61 Å².